The Bertz CT molecular complexity index is 402. The molecule has 1 unspecified atom stereocenters. The van der Waals surface area contributed by atoms with E-state index < -0.39 is 0 Å². The molecule has 1 aromatic rings. The summed E-state index contributed by atoms with van der Waals surface area (Å²) in [6.07, 6.45) is 5.38. The molecular formula is C13H20N4. The van der Waals surface area contributed by atoms with Gasteiger partial charge in [-0.3, -0.25) is 10.4 Å². The molecule has 0 amide bonds. The summed E-state index contributed by atoms with van der Waals surface area (Å²) in [4.78, 5) is 6.52. The van der Waals surface area contributed by atoms with Gasteiger partial charge in [-0.1, -0.05) is 6.92 Å². The Hall–Kier alpha value is -1.58. The van der Waals surface area contributed by atoms with E-state index in [0.29, 0.717) is 5.69 Å². The first-order valence-electron chi connectivity index (χ1n) is 6.23. The van der Waals surface area contributed by atoms with Crippen molar-refractivity contribution >= 4 is 11.5 Å². The van der Waals surface area contributed by atoms with Crippen LogP contribution in [0, 0.1) is 11.3 Å². The Balaban J connectivity index is 2.24. The first kappa shape index (κ1) is 11.9. The van der Waals surface area contributed by atoms with Gasteiger partial charge in [-0.2, -0.15) is 0 Å². The van der Waals surface area contributed by atoms with Gasteiger partial charge in [-0.25, -0.2) is 0 Å². The minimum absolute atomic E-state index is 0.0536. The van der Waals surface area contributed by atoms with Crippen molar-refractivity contribution in [1.29, 1.82) is 5.41 Å². The molecule has 0 bridgehead atoms. The van der Waals surface area contributed by atoms with E-state index in [9.17, 15) is 0 Å². The van der Waals surface area contributed by atoms with Gasteiger partial charge in [0.25, 0.3) is 0 Å². The molecule has 3 N–H and O–H groups in total. The number of nitrogens with zero attached hydrogens (tertiary/aromatic N) is 2. The molecule has 1 aliphatic rings. The van der Waals surface area contributed by atoms with Gasteiger partial charge in [0.05, 0.1) is 5.69 Å². The highest BCUT2D eigenvalue weighted by molar-refractivity contribution is 5.98. The molecule has 92 valence electrons. The van der Waals surface area contributed by atoms with Crippen LogP contribution < -0.4 is 10.6 Å². The Morgan fingerprint density at radius 2 is 2.29 bits per heavy atom. The van der Waals surface area contributed by atoms with Gasteiger partial charge < -0.3 is 10.6 Å². The van der Waals surface area contributed by atoms with Gasteiger partial charge in [0.1, 0.15) is 11.5 Å². The third-order valence-corrected chi connectivity index (χ3v) is 3.40. The number of rotatable bonds is 2. The van der Waals surface area contributed by atoms with Crippen LogP contribution in [0.1, 0.15) is 31.9 Å². The predicted octanol–water partition coefficient (Wildman–Crippen LogP) is 1.99. The van der Waals surface area contributed by atoms with Crippen LogP contribution in [0.4, 0.5) is 5.69 Å². The number of hydrogen-bond acceptors (Lipinski definition) is 3. The van der Waals surface area contributed by atoms with Crippen molar-refractivity contribution in [2.24, 2.45) is 11.7 Å². The third-order valence-electron chi connectivity index (χ3n) is 3.40. The second-order valence-corrected chi connectivity index (χ2v) is 4.81. The molecule has 1 aliphatic heterocycles. The van der Waals surface area contributed by atoms with E-state index in [1.807, 2.05) is 12.1 Å². The van der Waals surface area contributed by atoms with E-state index in [1.165, 1.54) is 19.3 Å². The summed E-state index contributed by atoms with van der Waals surface area (Å²) in [7, 11) is 0. The highest BCUT2D eigenvalue weighted by Crippen LogP contribution is 2.24. The van der Waals surface area contributed by atoms with Crippen molar-refractivity contribution in [3.05, 3.63) is 24.0 Å². The predicted molar refractivity (Wildman–Crippen MR) is 70.5 cm³/mol. The smallest absolute Gasteiger partial charge is 0.143 e. The molecular weight excluding hydrogens is 212 g/mol. The first-order valence-corrected chi connectivity index (χ1v) is 6.23. The number of nitrogens with two attached hydrogens (primary N) is 1. The van der Waals surface area contributed by atoms with Crippen LogP contribution in [0.3, 0.4) is 0 Å². The number of hydrogen-bond donors (Lipinski definition) is 2. The molecule has 0 spiro atoms. The summed E-state index contributed by atoms with van der Waals surface area (Å²) in [6.45, 7) is 4.38. The summed E-state index contributed by atoms with van der Waals surface area (Å²) in [5.74, 6) is 0.843. The second kappa shape index (κ2) is 5.17. The van der Waals surface area contributed by atoms with E-state index in [4.69, 9.17) is 11.1 Å². The number of nitrogens with one attached hydrogen (secondary N) is 1. The Labute approximate surface area is 102 Å². The number of nitrogen functional groups attached to an aromatic ring is 1. The molecule has 2 heterocycles. The third kappa shape index (κ3) is 2.75. The molecule has 0 radical (unpaired) electrons. The van der Waals surface area contributed by atoms with Crippen LogP contribution in [0.25, 0.3) is 0 Å². The zero-order valence-corrected chi connectivity index (χ0v) is 10.3. The molecule has 1 fully saturated rings. The Morgan fingerprint density at radius 3 is 3.06 bits per heavy atom. The van der Waals surface area contributed by atoms with E-state index in [0.717, 1.165) is 24.7 Å². The quantitative estimate of drug-likeness (QED) is 0.605. The molecule has 0 aromatic carbocycles. The minimum atomic E-state index is 0.0536. The van der Waals surface area contributed by atoms with Crippen LogP contribution >= 0.6 is 0 Å². The number of pyridine rings is 1. The summed E-state index contributed by atoms with van der Waals surface area (Å²) < 4.78 is 0. The summed E-state index contributed by atoms with van der Waals surface area (Å²) in [5.41, 5.74) is 7.20. The maximum Gasteiger partial charge on any atom is 0.143 e. The molecule has 1 atom stereocenters. The Morgan fingerprint density at radius 1 is 1.47 bits per heavy atom. The highest BCUT2D eigenvalue weighted by Gasteiger charge is 2.17. The van der Waals surface area contributed by atoms with E-state index >= 15 is 0 Å². The molecule has 0 saturated carbocycles. The molecule has 1 saturated heterocycles. The molecule has 17 heavy (non-hydrogen) atoms. The van der Waals surface area contributed by atoms with Gasteiger partial charge >= 0.3 is 0 Å². The molecule has 1 aromatic heterocycles. The van der Waals surface area contributed by atoms with Crippen LogP contribution in [-0.2, 0) is 0 Å². The zero-order chi connectivity index (χ0) is 12.3. The number of aromatic nitrogens is 1. The zero-order valence-electron chi connectivity index (χ0n) is 10.3. The Kier molecular flexibility index (Phi) is 3.61. The lowest BCUT2D eigenvalue weighted by molar-refractivity contribution is 0.521. The van der Waals surface area contributed by atoms with Gasteiger partial charge in [0.15, 0.2) is 0 Å². The average molecular weight is 232 g/mol. The van der Waals surface area contributed by atoms with Gasteiger partial charge in [0, 0.05) is 19.3 Å². The second-order valence-electron chi connectivity index (χ2n) is 4.81. The van der Waals surface area contributed by atoms with Crippen molar-refractivity contribution in [1.82, 2.24) is 4.98 Å². The van der Waals surface area contributed by atoms with Crippen LogP contribution in [-0.4, -0.2) is 23.9 Å². The van der Waals surface area contributed by atoms with Crippen molar-refractivity contribution < 1.29 is 0 Å². The van der Waals surface area contributed by atoms with Crippen molar-refractivity contribution in [2.45, 2.75) is 26.2 Å². The number of amidine groups is 1. The van der Waals surface area contributed by atoms with E-state index in [1.54, 1.807) is 6.20 Å². The fraction of sp³-hybridized carbons (Fsp3) is 0.538. The summed E-state index contributed by atoms with van der Waals surface area (Å²) in [6, 6.07) is 3.93. The SMILES string of the molecule is CC1CCCN(c2cccnc2C(=N)N)CC1. The largest absolute Gasteiger partial charge is 0.382 e. The highest BCUT2D eigenvalue weighted by atomic mass is 15.1. The molecule has 2 rings (SSSR count). The average Bonchev–Trinajstić information content (AvgIpc) is 2.54. The maximum atomic E-state index is 7.58. The molecule has 0 aliphatic carbocycles. The van der Waals surface area contributed by atoms with E-state index in [-0.39, 0.29) is 5.84 Å². The van der Waals surface area contributed by atoms with Crippen LogP contribution in [0.15, 0.2) is 18.3 Å². The standard InChI is InChI=1S/C13H20N4/c1-10-4-3-8-17(9-6-10)11-5-2-7-16-12(11)13(14)15/h2,5,7,10H,3-4,6,8-9H2,1H3,(H3,14,15). The monoisotopic (exact) mass is 232 g/mol. The van der Waals surface area contributed by atoms with E-state index in [2.05, 4.69) is 16.8 Å². The summed E-state index contributed by atoms with van der Waals surface area (Å²) in [5, 5.41) is 7.58. The van der Waals surface area contributed by atoms with Gasteiger partial charge in [-0.05, 0) is 37.3 Å². The fourth-order valence-electron chi connectivity index (χ4n) is 2.36. The van der Waals surface area contributed by atoms with Crippen molar-refractivity contribution in [2.75, 3.05) is 18.0 Å². The molecule has 4 nitrogen and oxygen atoms in total. The lowest BCUT2D eigenvalue weighted by Crippen LogP contribution is -2.28. The van der Waals surface area contributed by atoms with Gasteiger partial charge in [0.2, 0.25) is 0 Å². The lowest BCUT2D eigenvalue weighted by atomic mass is 10.0. The van der Waals surface area contributed by atoms with Crippen LogP contribution in [0.5, 0.6) is 0 Å². The van der Waals surface area contributed by atoms with Crippen LogP contribution in [0.2, 0.25) is 0 Å². The minimum Gasteiger partial charge on any atom is -0.382 e. The normalized spacial score (nSPS) is 21.0. The molecule has 4 heteroatoms. The van der Waals surface area contributed by atoms with Crippen molar-refractivity contribution in [3.63, 3.8) is 0 Å². The fourth-order valence-corrected chi connectivity index (χ4v) is 2.36. The summed E-state index contributed by atoms with van der Waals surface area (Å²) >= 11 is 0. The first-order chi connectivity index (χ1) is 8.18. The topological polar surface area (TPSA) is 66.0 Å². The van der Waals surface area contributed by atoms with Crippen molar-refractivity contribution in [3.8, 4) is 0 Å². The van der Waals surface area contributed by atoms with Gasteiger partial charge in [-0.15, -0.1) is 0 Å². The lowest BCUT2D eigenvalue weighted by Gasteiger charge is -2.24. The maximum absolute atomic E-state index is 7.58. The number of anilines is 1.